The molecule has 0 radical (unpaired) electrons. The van der Waals surface area contributed by atoms with E-state index in [1.165, 1.54) is 66.6 Å². The quantitative estimate of drug-likeness (QED) is 0.200. The van der Waals surface area contributed by atoms with Gasteiger partial charge in [-0.2, -0.15) is 0 Å². The number of aromatic nitrogens is 2. The molecule has 0 unspecified atom stereocenters. The minimum absolute atomic E-state index is 0.0747. The van der Waals surface area contributed by atoms with E-state index in [9.17, 15) is 0 Å². The summed E-state index contributed by atoms with van der Waals surface area (Å²) in [4.78, 5) is 11.2. The maximum atomic E-state index is 8.52. The van der Waals surface area contributed by atoms with Crippen LogP contribution in [0.1, 0.15) is 156 Å². The molecule has 6 heterocycles. The maximum absolute atomic E-state index is 8.52. The van der Waals surface area contributed by atoms with Crippen molar-refractivity contribution in [3.63, 3.8) is 0 Å². The Morgan fingerprint density at radius 2 is 0.807 bits per heavy atom. The van der Waals surface area contributed by atoms with Crippen LogP contribution in [-0.4, -0.2) is 45.4 Å². The number of fused-ring (bicyclic) bond motifs is 2. The third-order valence-corrected chi connectivity index (χ3v) is 29.8. The highest BCUT2D eigenvalue weighted by Gasteiger charge is 2.60. The van der Waals surface area contributed by atoms with Crippen molar-refractivity contribution in [3.05, 3.63) is 78.0 Å². The lowest BCUT2D eigenvalue weighted by molar-refractivity contribution is 0.310. The summed E-state index contributed by atoms with van der Waals surface area (Å²) >= 11 is 0. The molecule has 6 bridgehead atoms. The average molecular weight is 823 g/mol. The van der Waals surface area contributed by atoms with Gasteiger partial charge in [-0.25, -0.2) is 9.98 Å². The fourth-order valence-electron chi connectivity index (χ4n) is 9.21. The summed E-state index contributed by atoms with van der Waals surface area (Å²) < 4.78 is 22.4. The summed E-state index contributed by atoms with van der Waals surface area (Å²) in [5.74, 6) is 0. The number of hydrogen-bond acceptors (Lipinski definition) is 4. The number of allylic oxidation sites excluding steroid dienone is 4. The molecule has 9 heteroatoms. The van der Waals surface area contributed by atoms with Crippen molar-refractivity contribution in [1.82, 2.24) is 8.47 Å². The van der Waals surface area contributed by atoms with Crippen molar-refractivity contribution in [2.75, 3.05) is 0 Å². The first-order chi connectivity index (χ1) is 26.6. The summed E-state index contributed by atoms with van der Waals surface area (Å²) in [5.41, 5.74) is 17.7. The van der Waals surface area contributed by atoms with E-state index in [-0.39, 0.29) is 10.1 Å². The van der Waals surface area contributed by atoms with Gasteiger partial charge in [0.1, 0.15) is 0 Å². The molecule has 310 valence electrons. The SMILES string of the molecule is CCC1=C(CC)C2=NC1=Cc1c(CC)c(CC)c3n1[Si](O[Si](C)(C)C(C)(C)C)(O[Si](C)(C)C(C)(C)C)n1c(c(CC)c(CC)c1=CC1=NC(=C3)C(CC)=C1CC)=C2. The van der Waals surface area contributed by atoms with Gasteiger partial charge in [-0.05, 0) is 156 Å². The molecule has 0 atom stereocenters. The number of rotatable bonds is 12. The van der Waals surface area contributed by atoms with Crippen molar-refractivity contribution in [1.29, 1.82) is 0 Å². The third kappa shape index (κ3) is 6.79. The molecule has 0 spiro atoms. The molecule has 4 aliphatic rings. The molecule has 2 aromatic heterocycles. The van der Waals surface area contributed by atoms with Crippen molar-refractivity contribution < 1.29 is 8.23 Å². The van der Waals surface area contributed by atoms with Crippen molar-refractivity contribution >= 4 is 61.2 Å². The highest BCUT2D eigenvalue weighted by atomic mass is 28.5. The summed E-state index contributed by atoms with van der Waals surface area (Å²) in [6.45, 7) is 42.6. The molecule has 0 saturated heterocycles. The fraction of sp³-hybridized carbons (Fsp3) is 0.583. The largest absolute Gasteiger partial charge is 0.577 e. The van der Waals surface area contributed by atoms with Crippen LogP contribution < -0.4 is 10.7 Å². The fourth-order valence-corrected chi connectivity index (χ4v) is 21.2. The lowest BCUT2D eigenvalue weighted by Gasteiger charge is -2.49. The van der Waals surface area contributed by atoms with Crippen molar-refractivity contribution in [2.45, 2.75) is 185 Å². The molecule has 4 aliphatic heterocycles. The predicted octanol–water partition coefficient (Wildman–Crippen LogP) is 11.8. The highest BCUT2D eigenvalue weighted by Crippen LogP contribution is 2.47. The van der Waals surface area contributed by atoms with Crippen LogP contribution in [0.25, 0.3) is 24.3 Å². The molecule has 2 aromatic rings. The topological polar surface area (TPSA) is 53.0 Å². The minimum Gasteiger partial charge on any atom is -0.404 e. The van der Waals surface area contributed by atoms with Gasteiger partial charge in [0.15, 0.2) is 16.6 Å². The maximum Gasteiger partial charge on any atom is 0.577 e. The molecule has 57 heavy (non-hydrogen) atoms. The average Bonchev–Trinajstić information content (AvgIpc) is 3.82. The Bertz CT molecular complexity index is 2150. The number of nitrogens with zero attached hydrogens (tertiary/aromatic N) is 4. The van der Waals surface area contributed by atoms with E-state index in [0.717, 1.165) is 74.2 Å². The zero-order valence-corrected chi connectivity index (χ0v) is 42.1. The Morgan fingerprint density at radius 3 is 1.09 bits per heavy atom. The van der Waals surface area contributed by atoms with Crippen LogP contribution >= 0.6 is 0 Å². The standard InChI is InChI=1S/C48H74N4O2Si3/c1-19-31-32(20-2)40-28-44-37(25-7)38(26-8)46-30-42-34(22-4)33(21-3)41(50-42)29-45-36(24-6)35(23-5)43(27-39(31)49-40)51(45)57(52(44)46,53-55(15,16)47(9,10)11)54-56(17,18)48(12,13)14/h27-30H,19-26H2,1-18H3. The lowest BCUT2D eigenvalue weighted by Crippen LogP contribution is -2.72. The van der Waals surface area contributed by atoms with E-state index in [4.69, 9.17) is 18.2 Å². The Morgan fingerprint density at radius 1 is 0.474 bits per heavy atom. The van der Waals surface area contributed by atoms with E-state index < -0.39 is 25.5 Å². The molecule has 6 rings (SSSR count). The highest BCUT2D eigenvalue weighted by molar-refractivity contribution is 6.89. The van der Waals surface area contributed by atoms with Gasteiger partial charge in [0.2, 0.25) is 0 Å². The minimum atomic E-state index is -3.88. The molecule has 6 nitrogen and oxygen atoms in total. The van der Waals surface area contributed by atoms with Gasteiger partial charge in [0.05, 0.1) is 22.8 Å². The number of hydrogen-bond donors (Lipinski definition) is 0. The van der Waals surface area contributed by atoms with Crippen molar-refractivity contribution in [2.24, 2.45) is 9.98 Å². The van der Waals surface area contributed by atoms with Gasteiger partial charge in [-0.1, -0.05) is 96.9 Å². The smallest absolute Gasteiger partial charge is 0.404 e. The van der Waals surface area contributed by atoms with E-state index in [0.29, 0.717) is 0 Å². The van der Waals surface area contributed by atoms with Crippen LogP contribution in [0.2, 0.25) is 36.3 Å². The Kier molecular flexibility index (Phi) is 11.8. The van der Waals surface area contributed by atoms with Gasteiger partial charge in [-0.3, -0.25) is 0 Å². The van der Waals surface area contributed by atoms with Gasteiger partial charge in [0.25, 0.3) is 0 Å². The van der Waals surface area contributed by atoms with E-state index in [1.54, 1.807) is 0 Å². The Hall–Kier alpha value is -2.83. The Balaban J connectivity index is 2.09. The lowest BCUT2D eigenvalue weighted by atomic mass is 9.97. The van der Waals surface area contributed by atoms with Crippen LogP contribution in [0.5, 0.6) is 0 Å². The van der Waals surface area contributed by atoms with Gasteiger partial charge in [-0.15, -0.1) is 0 Å². The molecule has 0 aliphatic carbocycles. The van der Waals surface area contributed by atoms with Gasteiger partial charge >= 0.3 is 8.88 Å². The first-order valence-corrected chi connectivity index (χ1v) is 29.9. The molecular formula is C48H74N4O2Si3. The zero-order valence-electron chi connectivity index (χ0n) is 39.1. The summed E-state index contributed by atoms with van der Waals surface area (Å²) in [7, 11) is -9.09. The van der Waals surface area contributed by atoms with Gasteiger partial charge < -0.3 is 16.7 Å². The second-order valence-corrected chi connectivity index (χ2v) is 32.1. The van der Waals surface area contributed by atoms with Gasteiger partial charge in [0, 0.05) is 22.1 Å². The van der Waals surface area contributed by atoms with E-state index in [1.807, 2.05) is 0 Å². The van der Waals surface area contributed by atoms with E-state index in [2.05, 4.69) is 156 Å². The molecule has 0 amide bonds. The van der Waals surface area contributed by atoms with E-state index >= 15 is 0 Å². The summed E-state index contributed by atoms with van der Waals surface area (Å²) in [6.07, 6.45) is 17.1. The third-order valence-electron chi connectivity index (χ3n) is 14.3. The van der Waals surface area contributed by atoms with Crippen LogP contribution in [0.15, 0.2) is 43.7 Å². The normalized spacial score (nSPS) is 18.0. The molecule has 0 fully saturated rings. The van der Waals surface area contributed by atoms with Crippen LogP contribution in [0, 0.1) is 0 Å². The second kappa shape index (κ2) is 15.3. The molecule has 0 N–H and O–H groups in total. The van der Waals surface area contributed by atoms with Crippen LogP contribution in [0.3, 0.4) is 0 Å². The summed E-state index contributed by atoms with van der Waals surface area (Å²) in [5, 5.41) is 2.26. The second-order valence-electron chi connectivity index (χ2n) is 19.5. The first-order valence-electron chi connectivity index (χ1n) is 22.3. The van der Waals surface area contributed by atoms with Crippen LogP contribution in [-0.2, 0) is 33.9 Å². The van der Waals surface area contributed by atoms with Crippen LogP contribution in [0.4, 0.5) is 0 Å². The Labute approximate surface area is 349 Å². The summed E-state index contributed by atoms with van der Waals surface area (Å²) in [6, 6.07) is 0. The molecular weight excluding hydrogens is 749 g/mol. The monoisotopic (exact) mass is 823 g/mol. The zero-order chi connectivity index (χ0) is 42.2. The molecule has 0 aromatic carbocycles. The van der Waals surface area contributed by atoms with Crippen molar-refractivity contribution in [3.8, 4) is 0 Å². The first kappa shape index (κ1) is 43.7. The predicted molar refractivity (Wildman–Crippen MR) is 254 cm³/mol. The molecule has 0 saturated carbocycles. The number of aliphatic imine (C=N–C) groups is 2.